The molecule has 0 bridgehead atoms. The van der Waals surface area contributed by atoms with E-state index < -0.39 is 5.60 Å². The molecule has 1 amide bonds. The summed E-state index contributed by atoms with van der Waals surface area (Å²) in [5.74, 6) is 0.625. The molecular weight excluding hydrogens is 498 g/mol. The van der Waals surface area contributed by atoms with Gasteiger partial charge in [0.15, 0.2) is 5.82 Å². The highest BCUT2D eigenvalue weighted by Gasteiger charge is 2.36. The van der Waals surface area contributed by atoms with Gasteiger partial charge in [-0.25, -0.2) is 9.78 Å². The smallest absolute Gasteiger partial charge is 0.410 e. The van der Waals surface area contributed by atoms with Gasteiger partial charge in [-0.2, -0.15) is 0 Å². The molecule has 8 nitrogen and oxygen atoms in total. The van der Waals surface area contributed by atoms with Crippen LogP contribution in [0.25, 0.3) is 11.0 Å². The molecule has 32 heavy (non-hydrogen) atoms. The average Bonchev–Trinajstić information content (AvgIpc) is 2.58. The fourth-order valence-electron chi connectivity index (χ4n) is 3.98. The second-order valence-electron chi connectivity index (χ2n) is 9.88. The molecule has 1 aromatic heterocycles. The minimum atomic E-state index is -0.527. The van der Waals surface area contributed by atoms with E-state index >= 15 is 0 Å². The number of carbonyl (C=O) groups excluding carboxylic acids is 1. The number of aromatic nitrogens is 2. The zero-order valence-electron chi connectivity index (χ0n) is 19.1. The Kier molecular flexibility index (Phi) is 6.19. The lowest BCUT2D eigenvalue weighted by atomic mass is 10.0. The second-order valence-corrected chi connectivity index (χ2v) is 11.1. The van der Waals surface area contributed by atoms with Gasteiger partial charge in [-0.05, 0) is 62.9 Å². The summed E-state index contributed by atoms with van der Waals surface area (Å²) in [6.45, 7) is 8.69. The molecule has 2 fully saturated rings. The van der Waals surface area contributed by atoms with E-state index in [0.717, 1.165) is 17.6 Å². The SMILES string of the molecule is CN(C)C1CN(c2nc3cc(Br)c(Cl)cc3n(CC3CN(C(=O)OC(C)(C)C)C3)c2=O)C1. The van der Waals surface area contributed by atoms with Gasteiger partial charge in [-0.3, -0.25) is 4.79 Å². The lowest BCUT2D eigenvalue weighted by Gasteiger charge is -2.43. The highest BCUT2D eigenvalue weighted by Crippen LogP contribution is 2.30. The molecule has 0 unspecified atom stereocenters. The zero-order valence-corrected chi connectivity index (χ0v) is 21.4. The first kappa shape index (κ1) is 23.3. The topological polar surface area (TPSA) is 70.9 Å². The van der Waals surface area contributed by atoms with Crippen molar-refractivity contribution in [3.63, 3.8) is 0 Å². The number of likely N-dealkylation sites (N-methyl/N-ethyl adjacent to an activating group) is 1. The van der Waals surface area contributed by atoms with Crippen LogP contribution >= 0.6 is 27.5 Å². The third-order valence-corrected chi connectivity index (χ3v) is 7.11. The van der Waals surface area contributed by atoms with E-state index in [1.807, 2.05) is 45.8 Å². The summed E-state index contributed by atoms with van der Waals surface area (Å²) in [5, 5.41) is 0.529. The van der Waals surface area contributed by atoms with Gasteiger partial charge in [-0.1, -0.05) is 11.6 Å². The molecule has 1 aromatic carbocycles. The minimum Gasteiger partial charge on any atom is -0.444 e. The summed E-state index contributed by atoms with van der Waals surface area (Å²) in [7, 11) is 4.08. The number of benzene rings is 1. The van der Waals surface area contributed by atoms with Gasteiger partial charge >= 0.3 is 6.09 Å². The van der Waals surface area contributed by atoms with Gasteiger partial charge in [0.2, 0.25) is 0 Å². The molecule has 3 heterocycles. The standard InChI is InChI=1S/C22H29BrClN5O3/c1-22(2,3)32-21(31)28-8-13(9-28)10-29-18-7-16(24)15(23)6-17(18)25-19(20(29)30)27-11-14(12-27)26(4)5/h6-7,13-14H,8-12H2,1-5H3. The Morgan fingerprint density at radius 2 is 1.91 bits per heavy atom. The average molecular weight is 527 g/mol. The van der Waals surface area contributed by atoms with Crippen molar-refractivity contribution in [3.8, 4) is 0 Å². The fraction of sp³-hybridized carbons (Fsp3) is 0.591. The van der Waals surface area contributed by atoms with Crippen molar-refractivity contribution < 1.29 is 9.53 Å². The van der Waals surface area contributed by atoms with Crippen molar-refractivity contribution in [2.45, 2.75) is 39.0 Å². The maximum atomic E-state index is 13.5. The summed E-state index contributed by atoms with van der Waals surface area (Å²) in [5.41, 5.74) is 0.768. The number of halogens is 2. The van der Waals surface area contributed by atoms with E-state index in [0.29, 0.717) is 47.6 Å². The van der Waals surface area contributed by atoms with Gasteiger partial charge in [-0.15, -0.1) is 0 Å². The summed E-state index contributed by atoms with van der Waals surface area (Å²) < 4.78 is 7.94. The maximum absolute atomic E-state index is 13.5. The van der Waals surface area contributed by atoms with Crippen molar-refractivity contribution in [2.75, 3.05) is 45.2 Å². The summed E-state index contributed by atoms with van der Waals surface area (Å²) in [4.78, 5) is 36.3. The Labute approximate surface area is 201 Å². The number of fused-ring (bicyclic) bond motifs is 1. The molecule has 0 saturated carbocycles. The second kappa shape index (κ2) is 8.50. The molecule has 2 aromatic rings. The van der Waals surface area contributed by atoms with Crippen LogP contribution in [0.15, 0.2) is 21.4 Å². The van der Waals surface area contributed by atoms with Crippen LogP contribution in [-0.2, 0) is 11.3 Å². The van der Waals surface area contributed by atoms with E-state index in [4.69, 9.17) is 16.3 Å². The number of anilines is 1. The van der Waals surface area contributed by atoms with Crippen LogP contribution in [0.1, 0.15) is 20.8 Å². The molecule has 4 rings (SSSR count). The predicted octanol–water partition coefficient (Wildman–Crippen LogP) is 3.43. The van der Waals surface area contributed by atoms with Crippen LogP contribution in [0.5, 0.6) is 0 Å². The van der Waals surface area contributed by atoms with Crippen LogP contribution < -0.4 is 10.5 Å². The van der Waals surface area contributed by atoms with Gasteiger partial charge in [0, 0.05) is 49.2 Å². The van der Waals surface area contributed by atoms with Gasteiger partial charge in [0.25, 0.3) is 5.56 Å². The number of hydrogen-bond acceptors (Lipinski definition) is 6. The predicted molar refractivity (Wildman–Crippen MR) is 130 cm³/mol. The number of amides is 1. The maximum Gasteiger partial charge on any atom is 0.410 e. The van der Waals surface area contributed by atoms with Crippen LogP contribution in [0.2, 0.25) is 5.02 Å². The Morgan fingerprint density at radius 1 is 1.25 bits per heavy atom. The van der Waals surface area contributed by atoms with E-state index in [1.165, 1.54) is 0 Å². The molecule has 0 atom stereocenters. The largest absolute Gasteiger partial charge is 0.444 e. The van der Waals surface area contributed by atoms with Gasteiger partial charge in [0.1, 0.15) is 5.60 Å². The van der Waals surface area contributed by atoms with E-state index in [-0.39, 0.29) is 17.6 Å². The number of hydrogen-bond donors (Lipinski definition) is 0. The van der Waals surface area contributed by atoms with E-state index in [9.17, 15) is 9.59 Å². The van der Waals surface area contributed by atoms with Gasteiger partial charge in [0.05, 0.1) is 16.1 Å². The van der Waals surface area contributed by atoms with Crippen molar-refractivity contribution in [3.05, 3.63) is 32.0 Å². The van der Waals surface area contributed by atoms with Crippen molar-refractivity contribution in [1.29, 1.82) is 0 Å². The Balaban J connectivity index is 1.59. The quantitative estimate of drug-likeness (QED) is 0.608. The highest BCUT2D eigenvalue weighted by atomic mass is 79.9. The Morgan fingerprint density at radius 3 is 2.50 bits per heavy atom. The monoisotopic (exact) mass is 525 g/mol. The van der Waals surface area contributed by atoms with Crippen LogP contribution in [0.3, 0.4) is 0 Å². The minimum absolute atomic E-state index is 0.121. The Bertz CT molecular complexity index is 1100. The molecule has 10 heteroatoms. The first-order valence-electron chi connectivity index (χ1n) is 10.7. The molecule has 2 aliphatic heterocycles. The van der Waals surface area contributed by atoms with Crippen LogP contribution in [0, 0.1) is 5.92 Å². The lowest BCUT2D eigenvalue weighted by molar-refractivity contribution is -0.00328. The number of nitrogens with zero attached hydrogens (tertiary/aromatic N) is 5. The van der Waals surface area contributed by atoms with Crippen molar-refractivity contribution >= 4 is 50.5 Å². The summed E-state index contributed by atoms with van der Waals surface area (Å²) >= 11 is 9.81. The number of ether oxygens (including phenoxy) is 1. The highest BCUT2D eigenvalue weighted by molar-refractivity contribution is 9.10. The summed E-state index contributed by atoms with van der Waals surface area (Å²) in [6.07, 6.45) is -0.316. The molecular formula is C22H29BrClN5O3. The first-order valence-corrected chi connectivity index (χ1v) is 11.9. The van der Waals surface area contributed by atoms with E-state index in [2.05, 4.69) is 25.8 Å². The third kappa shape index (κ3) is 4.61. The normalized spacial score (nSPS) is 17.6. The van der Waals surface area contributed by atoms with Crippen molar-refractivity contribution in [1.82, 2.24) is 19.4 Å². The molecule has 2 saturated heterocycles. The summed E-state index contributed by atoms with van der Waals surface area (Å²) in [6, 6.07) is 4.04. The van der Waals surface area contributed by atoms with Crippen molar-refractivity contribution in [2.24, 2.45) is 5.92 Å². The van der Waals surface area contributed by atoms with Crippen LogP contribution in [0.4, 0.5) is 10.6 Å². The zero-order chi connectivity index (χ0) is 23.4. The molecule has 0 N–H and O–H groups in total. The number of carbonyl (C=O) groups is 1. The number of rotatable bonds is 4. The number of likely N-dealkylation sites (tertiary alicyclic amines) is 1. The van der Waals surface area contributed by atoms with Gasteiger partial charge < -0.3 is 24.0 Å². The van der Waals surface area contributed by atoms with E-state index in [1.54, 1.807) is 15.5 Å². The molecule has 0 aliphatic carbocycles. The fourth-order valence-corrected chi connectivity index (χ4v) is 4.47. The first-order chi connectivity index (χ1) is 14.9. The molecule has 174 valence electrons. The molecule has 0 radical (unpaired) electrons. The Hall–Kier alpha value is -1.84. The molecule has 2 aliphatic rings. The molecule has 0 spiro atoms. The lowest BCUT2D eigenvalue weighted by Crippen LogP contribution is -2.59. The van der Waals surface area contributed by atoms with Crippen LogP contribution in [-0.4, -0.2) is 77.4 Å². The third-order valence-electron chi connectivity index (χ3n) is 5.91.